The molecule has 0 spiro atoms. The lowest BCUT2D eigenvalue weighted by Gasteiger charge is -2.42. The van der Waals surface area contributed by atoms with Gasteiger partial charge in [-0.1, -0.05) is 60.7 Å². The third-order valence-corrected chi connectivity index (χ3v) is 4.57. The number of nitrogens with zero attached hydrogens (tertiary/aromatic N) is 1. The van der Waals surface area contributed by atoms with Crippen molar-refractivity contribution in [3.05, 3.63) is 71.8 Å². The molecule has 1 fully saturated rings. The quantitative estimate of drug-likeness (QED) is 0.933. The molecule has 0 radical (unpaired) electrons. The highest BCUT2D eigenvalue weighted by molar-refractivity contribution is 5.35. The number of likely N-dealkylation sites (tertiary alicyclic amines) is 1. The van der Waals surface area contributed by atoms with Crippen molar-refractivity contribution in [3.63, 3.8) is 0 Å². The van der Waals surface area contributed by atoms with E-state index in [2.05, 4.69) is 60.5 Å². The molecule has 0 aliphatic carbocycles. The van der Waals surface area contributed by atoms with E-state index in [-0.39, 0.29) is 18.1 Å². The van der Waals surface area contributed by atoms with Gasteiger partial charge in [0, 0.05) is 12.0 Å². The summed E-state index contributed by atoms with van der Waals surface area (Å²) < 4.78 is 0. The van der Waals surface area contributed by atoms with E-state index >= 15 is 0 Å². The highest BCUT2D eigenvalue weighted by Crippen LogP contribution is 2.35. The fraction of sp³-hybridized carbons (Fsp3) is 0.368. The molecule has 1 heterocycles. The zero-order valence-electron chi connectivity index (χ0n) is 12.5. The summed E-state index contributed by atoms with van der Waals surface area (Å²) in [4.78, 5) is 2.32. The normalized spacial score (nSPS) is 23.4. The molecule has 2 atom stereocenters. The Hall–Kier alpha value is -1.64. The van der Waals surface area contributed by atoms with Gasteiger partial charge in [0.25, 0.3) is 0 Å². The molecule has 2 aromatic carbocycles. The highest BCUT2D eigenvalue weighted by atomic mass is 16.3. The molecular weight excluding hydrogens is 258 g/mol. The van der Waals surface area contributed by atoms with Crippen LogP contribution in [0.4, 0.5) is 0 Å². The molecule has 0 aromatic heterocycles. The van der Waals surface area contributed by atoms with E-state index in [1.807, 2.05) is 12.1 Å². The van der Waals surface area contributed by atoms with Gasteiger partial charge in [0.1, 0.15) is 0 Å². The zero-order valence-corrected chi connectivity index (χ0v) is 12.5. The predicted molar refractivity (Wildman–Crippen MR) is 86.4 cm³/mol. The number of hydrogen-bond acceptors (Lipinski definition) is 2. The average Bonchev–Trinajstić information content (AvgIpc) is 2.53. The standard InChI is InChI=1S/C19H23NO/c1-20-14-8-13-17(21)19(20)18(15-9-4-2-5-10-15)16-11-6-3-7-12-16/h2-7,9-12,17-19,21H,8,13-14H2,1H3/t17-,19+/m0/s1. The molecule has 3 rings (SSSR count). The van der Waals surface area contributed by atoms with Gasteiger partial charge in [-0.05, 0) is 37.6 Å². The maximum Gasteiger partial charge on any atom is 0.0705 e. The van der Waals surface area contributed by atoms with E-state index < -0.39 is 0 Å². The van der Waals surface area contributed by atoms with Crippen LogP contribution in [0.1, 0.15) is 29.9 Å². The van der Waals surface area contributed by atoms with Crippen LogP contribution in [0.5, 0.6) is 0 Å². The van der Waals surface area contributed by atoms with Crippen molar-refractivity contribution in [2.75, 3.05) is 13.6 Å². The van der Waals surface area contributed by atoms with Gasteiger partial charge in [-0.3, -0.25) is 4.90 Å². The van der Waals surface area contributed by atoms with Gasteiger partial charge in [0.2, 0.25) is 0 Å². The molecule has 2 nitrogen and oxygen atoms in total. The number of aliphatic hydroxyl groups excluding tert-OH is 1. The van der Waals surface area contributed by atoms with Crippen molar-refractivity contribution in [1.29, 1.82) is 0 Å². The van der Waals surface area contributed by atoms with Crippen LogP contribution in [-0.4, -0.2) is 35.7 Å². The van der Waals surface area contributed by atoms with Crippen molar-refractivity contribution < 1.29 is 5.11 Å². The topological polar surface area (TPSA) is 23.5 Å². The van der Waals surface area contributed by atoms with E-state index in [9.17, 15) is 5.11 Å². The van der Waals surface area contributed by atoms with Gasteiger partial charge in [0.05, 0.1) is 6.10 Å². The molecule has 0 bridgehead atoms. The molecule has 110 valence electrons. The summed E-state index contributed by atoms with van der Waals surface area (Å²) in [6, 6.07) is 21.3. The summed E-state index contributed by atoms with van der Waals surface area (Å²) in [7, 11) is 2.13. The fourth-order valence-electron chi connectivity index (χ4n) is 3.55. The van der Waals surface area contributed by atoms with E-state index in [1.54, 1.807) is 0 Å². The minimum atomic E-state index is -0.269. The molecule has 0 saturated carbocycles. The third-order valence-electron chi connectivity index (χ3n) is 4.57. The summed E-state index contributed by atoms with van der Waals surface area (Å²) in [6.07, 6.45) is 1.70. The monoisotopic (exact) mass is 281 g/mol. The number of rotatable bonds is 3. The Morgan fingerprint density at radius 2 is 1.48 bits per heavy atom. The molecule has 2 aromatic rings. The number of aliphatic hydroxyl groups is 1. The van der Waals surface area contributed by atoms with E-state index in [0.29, 0.717) is 0 Å². The van der Waals surface area contributed by atoms with Gasteiger partial charge in [-0.2, -0.15) is 0 Å². The second kappa shape index (κ2) is 6.42. The summed E-state index contributed by atoms with van der Waals surface area (Å²) in [5.41, 5.74) is 2.56. The Morgan fingerprint density at radius 1 is 0.952 bits per heavy atom. The lowest BCUT2D eigenvalue weighted by molar-refractivity contribution is 0.0171. The van der Waals surface area contributed by atoms with Crippen LogP contribution < -0.4 is 0 Å². The molecular formula is C19H23NO. The van der Waals surface area contributed by atoms with E-state index in [4.69, 9.17) is 0 Å². The maximum absolute atomic E-state index is 10.6. The van der Waals surface area contributed by atoms with Gasteiger partial charge < -0.3 is 5.11 Å². The summed E-state index contributed by atoms with van der Waals surface area (Å²) in [6.45, 7) is 1.05. The molecule has 1 aliphatic heterocycles. The van der Waals surface area contributed by atoms with Gasteiger partial charge in [-0.25, -0.2) is 0 Å². The number of hydrogen-bond donors (Lipinski definition) is 1. The van der Waals surface area contributed by atoms with Crippen LogP contribution in [0.2, 0.25) is 0 Å². The molecule has 1 saturated heterocycles. The van der Waals surface area contributed by atoms with Crippen LogP contribution in [0.3, 0.4) is 0 Å². The number of piperidine rings is 1. The fourth-order valence-corrected chi connectivity index (χ4v) is 3.55. The molecule has 1 N–H and O–H groups in total. The SMILES string of the molecule is CN1CCC[C@H](O)[C@@H]1C(c1ccccc1)c1ccccc1. The molecule has 21 heavy (non-hydrogen) atoms. The Morgan fingerprint density at radius 3 is 1.95 bits per heavy atom. The minimum absolute atomic E-state index is 0.142. The first-order valence-corrected chi connectivity index (χ1v) is 7.75. The Labute approximate surface area is 127 Å². The number of likely N-dealkylation sites (N-methyl/N-ethyl adjacent to an activating group) is 1. The smallest absolute Gasteiger partial charge is 0.0705 e. The van der Waals surface area contributed by atoms with Crippen LogP contribution in [0.15, 0.2) is 60.7 Å². The van der Waals surface area contributed by atoms with Crippen molar-refractivity contribution in [1.82, 2.24) is 4.90 Å². The van der Waals surface area contributed by atoms with E-state index in [0.717, 1.165) is 19.4 Å². The predicted octanol–water partition coefficient (Wildman–Crippen LogP) is 3.27. The van der Waals surface area contributed by atoms with Crippen LogP contribution in [0.25, 0.3) is 0 Å². The van der Waals surface area contributed by atoms with Crippen molar-refractivity contribution in [2.45, 2.75) is 30.9 Å². The van der Waals surface area contributed by atoms with Gasteiger partial charge in [0.15, 0.2) is 0 Å². The first-order valence-electron chi connectivity index (χ1n) is 7.75. The van der Waals surface area contributed by atoms with Crippen molar-refractivity contribution >= 4 is 0 Å². The Bertz CT molecular complexity index is 505. The first-order chi connectivity index (χ1) is 10.3. The first kappa shape index (κ1) is 14.3. The Balaban J connectivity index is 2.04. The van der Waals surface area contributed by atoms with E-state index in [1.165, 1.54) is 11.1 Å². The minimum Gasteiger partial charge on any atom is -0.391 e. The second-order valence-electron chi connectivity index (χ2n) is 5.98. The molecule has 1 aliphatic rings. The van der Waals surface area contributed by atoms with Crippen molar-refractivity contribution in [2.24, 2.45) is 0 Å². The maximum atomic E-state index is 10.6. The summed E-state index contributed by atoms with van der Waals surface area (Å²) in [5, 5.41) is 10.6. The summed E-state index contributed by atoms with van der Waals surface area (Å²) in [5.74, 6) is 0.215. The molecule has 0 amide bonds. The van der Waals surface area contributed by atoms with Crippen LogP contribution >= 0.6 is 0 Å². The molecule has 2 heteroatoms. The lowest BCUT2D eigenvalue weighted by atomic mass is 9.79. The largest absolute Gasteiger partial charge is 0.391 e. The van der Waals surface area contributed by atoms with Crippen molar-refractivity contribution in [3.8, 4) is 0 Å². The van der Waals surface area contributed by atoms with Gasteiger partial charge in [-0.15, -0.1) is 0 Å². The van der Waals surface area contributed by atoms with Crippen LogP contribution in [0, 0.1) is 0 Å². The molecule has 0 unspecified atom stereocenters. The zero-order chi connectivity index (χ0) is 14.7. The lowest BCUT2D eigenvalue weighted by Crippen LogP contribution is -2.49. The second-order valence-corrected chi connectivity index (χ2v) is 5.98. The summed E-state index contributed by atoms with van der Waals surface area (Å²) >= 11 is 0. The average molecular weight is 281 g/mol. The van der Waals surface area contributed by atoms with Crippen LogP contribution in [-0.2, 0) is 0 Å². The van der Waals surface area contributed by atoms with Gasteiger partial charge >= 0.3 is 0 Å². The highest BCUT2D eigenvalue weighted by Gasteiger charge is 2.35. The number of benzene rings is 2. The third kappa shape index (κ3) is 3.02. The Kier molecular flexibility index (Phi) is 4.37.